The van der Waals surface area contributed by atoms with Gasteiger partial charge in [-0.3, -0.25) is 0 Å². The SMILES string of the molecule is C/C=C\C(=C/C)OOC(C)(C)C.C=O.CC. The van der Waals surface area contributed by atoms with Crippen molar-refractivity contribution in [3.8, 4) is 0 Å². The molecule has 0 fully saturated rings. The van der Waals surface area contributed by atoms with E-state index in [-0.39, 0.29) is 5.60 Å². The van der Waals surface area contributed by atoms with Crippen LogP contribution in [0.1, 0.15) is 48.5 Å². The standard InChI is InChI=1S/C10H18O2.C2H6.CH2O/c1-6-8-9(7-2)11-12-10(3,4)5;2*1-2/h6-8H,1-5H3;1-2H3;1H2/b8-6-,9-7+;;. The van der Waals surface area contributed by atoms with Crippen LogP contribution < -0.4 is 0 Å². The quantitative estimate of drug-likeness (QED) is 0.317. The van der Waals surface area contributed by atoms with Crippen molar-refractivity contribution in [2.45, 2.75) is 54.1 Å². The van der Waals surface area contributed by atoms with E-state index in [1.165, 1.54) is 0 Å². The van der Waals surface area contributed by atoms with Crippen LogP contribution in [-0.2, 0) is 14.6 Å². The summed E-state index contributed by atoms with van der Waals surface area (Å²) >= 11 is 0. The summed E-state index contributed by atoms with van der Waals surface area (Å²) in [7, 11) is 0. The molecule has 0 amide bonds. The fourth-order valence-corrected chi connectivity index (χ4v) is 0.509. The third-order valence-corrected chi connectivity index (χ3v) is 1.00. The highest BCUT2D eigenvalue weighted by atomic mass is 17.2. The van der Waals surface area contributed by atoms with Gasteiger partial charge in [-0.25, -0.2) is 0 Å². The second-order valence-corrected chi connectivity index (χ2v) is 3.47. The number of hydrogen-bond acceptors (Lipinski definition) is 3. The summed E-state index contributed by atoms with van der Waals surface area (Å²) in [5.41, 5.74) is -0.268. The highest BCUT2D eigenvalue weighted by Gasteiger charge is 2.12. The van der Waals surface area contributed by atoms with E-state index in [9.17, 15) is 0 Å². The highest BCUT2D eigenvalue weighted by molar-refractivity contribution is 5.11. The summed E-state index contributed by atoms with van der Waals surface area (Å²) < 4.78 is 0. The van der Waals surface area contributed by atoms with Gasteiger partial charge in [0.25, 0.3) is 0 Å². The van der Waals surface area contributed by atoms with Gasteiger partial charge in [-0.1, -0.05) is 19.9 Å². The molecule has 3 heteroatoms. The molecule has 0 heterocycles. The first kappa shape index (κ1) is 20.3. The lowest BCUT2D eigenvalue weighted by atomic mass is 10.2. The summed E-state index contributed by atoms with van der Waals surface area (Å²) in [4.78, 5) is 18.2. The van der Waals surface area contributed by atoms with Crippen LogP contribution in [-0.4, -0.2) is 12.4 Å². The Labute approximate surface area is 100 Å². The van der Waals surface area contributed by atoms with Gasteiger partial charge in [-0.2, -0.15) is 4.89 Å². The molecule has 96 valence electrons. The van der Waals surface area contributed by atoms with Crippen LogP contribution in [0.4, 0.5) is 0 Å². The van der Waals surface area contributed by atoms with Gasteiger partial charge in [-0.05, 0) is 46.8 Å². The predicted molar refractivity (Wildman–Crippen MR) is 69.0 cm³/mol. The first-order valence-electron chi connectivity index (χ1n) is 5.43. The van der Waals surface area contributed by atoms with Gasteiger partial charge in [0.1, 0.15) is 12.4 Å². The molecule has 0 aromatic rings. The minimum Gasteiger partial charge on any atom is -0.337 e. The summed E-state index contributed by atoms with van der Waals surface area (Å²) in [6, 6.07) is 0. The van der Waals surface area contributed by atoms with Gasteiger partial charge in [0.05, 0.1) is 0 Å². The lowest BCUT2D eigenvalue weighted by Crippen LogP contribution is -2.18. The van der Waals surface area contributed by atoms with Crippen molar-refractivity contribution >= 4 is 6.79 Å². The molecule has 0 saturated carbocycles. The third kappa shape index (κ3) is 18.6. The molecule has 16 heavy (non-hydrogen) atoms. The van der Waals surface area contributed by atoms with Crippen molar-refractivity contribution in [3.63, 3.8) is 0 Å². The number of allylic oxidation sites excluding steroid dienone is 3. The summed E-state index contributed by atoms with van der Waals surface area (Å²) in [5.74, 6) is 0.729. The zero-order valence-electron chi connectivity index (χ0n) is 11.7. The van der Waals surface area contributed by atoms with Gasteiger partial charge in [0.2, 0.25) is 0 Å². The zero-order chi connectivity index (χ0) is 13.6. The summed E-state index contributed by atoms with van der Waals surface area (Å²) in [5, 5.41) is 0. The third-order valence-electron chi connectivity index (χ3n) is 1.00. The maximum Gasteiger partial charge on any atom is 0.160 e. The first-order chi connectivity index (χ1) is 7.49. The van der Waals surface area contributed by atoms with Gasteiger partial charge in [0, 0.05) is 0 Å². The molecule has 0 spiro atoms. The molecule has 0 saturated heterocycles. The van der Waals surface area contributed by atoms with E-state index in [0.717, 1.165) is 5.76 Å². The molecule has 0 bridgehead atoms. The van der Waals surface area contributed by atoms with Crippen LogP contribution in [0.15, 0.2) is 24.0 Å². The largest absolute Gasteiger partial charge is 0.337 e. The molecular weight excluding hydrogens is 204 g/mol. The van der Waals surface area contributed by atoms with E-state index in [2.05, 4.69) is 0 Å². The van der Waals surface area contributed by atoms with Gasteiger partial charge in [0.15, 0.2) is 5.76 Å². The Kier molecular flexibility index (Phi) is 17.7. The van der Waals surface area contributed by atoms with Gasteiger partial charge < -0.3 is 9.68 Å². The number of carbonyl (C=O) groups is 1. The molecule has 0 aromatic heterocycles. The van der Waals surface area contributed by atoms with E-state index in [1.807, 2.05) is 73.5 Å². The molecule has 0 atom stereocenters. The zero-order valence-corrected chi connectivity index (χ0v) is 11.7. The summed E-state index contributed by atoms with van der Waals surface area (Å²) in [6.07, 6.45) is 5.61. The van der Waals surface area contributed by atoms with Crippen molar-refractivity contribution in [2.24, 2.45) is 0 Å². The maximum atomic E-state index is 8.00. The highest BCUT2D eigenvalue weighted by Crippen LogP contribution is 2.11. The molecule has 3 nitrogen and oxygen atoms in total. The Hall–Kier alpha value is -1.09. The van der Waals surface area contributed by atoms with Gasteiger partial charge >= 0.3 is 0 Å². The Balaban J connectivity index is -0.000000376. The molecule has 0 radical (unpaired) electrons. The molecule has 0 unspecified atom stereocenters. The van der Waals surface area contributed by atoms with E-state index in [4.69, 9.17) is 14.6 Å². The Bertz CT molecular complexity index is 188. The lowest BCUT2D eigenvalue weighted by Gasteiger charge is -2.17. The van der Waals surface area contributed by atoms with Crippen LogP contribution in [0.5, 0.6) is 0 Å². The van der Waals surface area contributed by atoms with Crippen molar-refractivity contribution in [2.75, 3.05) is 0 Å². The van der Waals surface area contributed by atoms with Crippen LogP contribution >= 0.6 is 0 Å². The van der Waals surface area contributed by atoms with E-state index < -0.39 is 0 Å². The second-order valence-electron chi connectivity index (χ2n) is 3.47. The Morgan fingerprint density at radius 1 is 1.12 bits per heavy atom. The van der Waals surface area contributed by atoms with Crippen molar-refractivity contribution in [3.05, 3.63) is 24.0 Å². The van der Waals surface area contributed by atoms with Crippen molar-refractivity contribution in [1.29, 1.82) is 0 Å². The molecule has 0 aliphatic rings. The lowest BCUT2D eigenvalue weighted by molar-refractivity contribution is -0.318. The van der Waals surface area contributed by atoms with Crippen LogP contribution in [0, 0.1) is 0 Å². The van der Waals surface area contributed by atoms with Crippen LogP contribution in [0.2, 0.25) is 0 Å². The number of rotatable bonds is 3. The fourth-order valence-electron chi connectivity index (χ4n) is 0.509. The minimum atomic E-state index is -0.268. The normalized spacial score (nSPS) is 11.1. The van der Waals surface area contributed by atoms with Gasteiger partial charge in [-0.15, -0.1) is 0 Å². The predicted octanol–water partition coefficient (Wildman–Crippen LogP) is 4.05. The van der Waals surface area contributed by atoms with E-state index >= 15 is 0 Å². The molecule has 0 aliphatic carbocycles. The topological polar surface area (TPSA) is 35.5 Å². The Morgan fingerprint density at radius 3 is 1.81 bits per heavy atom. The number of hydrogen-bond donors (Lipinski definition) is 0. The molecule has 0 N–H and O–H groups in total. The molecular formula is C13H26O3. The van der Waals surface area contributed by atoms with Crippen LogP contribution in [0.25, 0.3) is 0 Å². The Morgan fingerprint density at radius 2 is 1.56 bits per heavy atom. The molecule has 0 aromatic carbocycles. The van der Waals surface area contributed by atoms with Crippen molar-refractivity contribution < 1.29 is 14.6 Å². The fraction of sp³-hybridized carbons (Fsp3) is 0.615. The second kappa shape index (κ2) is 13.9. The van der Waals surface area contributed by atoms with Crippen molar-refractivity contribution in [1.82, 2.24) is 0 Å². The smallest absolute Gasteiger partial charge is 0.160 e. The first-order valence-corrected chi connectivity index (χ1v) is 5.43. The average molecular weight is 230 g/mol. The van der Waals surface area contributed by atoms with Crippen LogP contribution in [0.3, 0.4) is 0 Å². The molecule has 0 rings (SSSR count). The number of carbonyl (C=O) groups excluding carboxylic acids is 1. The summed E-state index contributed by atoms with van der Waals surface area (Å²) in [6.45, 7) is 15.7. The monoisotopic (exact) mass is 230 g/mol. The minimum absolute atomic E-state index is 0.268. The average Bonchev–Trinajstić information content (AvgIpc) is 2.28. The maximum absolute atomic E-state index is 8.00. The van der Waals surface area contributed by atoms with E-state index in [1.54, 1.807) is 0 Å². The molecule has 0 aliphatic heterocycles. The van der Waals surface area contributed by atoms with E-state index in [0.29, 0.717) is 0 Å².